The van der Waals surface area contributed by atoms with E-state index in [9.17, 15) is 9.59 Å². The summed E-state index contributed by atoms with van der Waals surface area (Å²) in [5.41, 5.74) is -1.68. The summed E-state index contributed by atoms with van der Waals surface area (Å²) in [6, 6.07) is 0. The quantitative estimate of drug-likeness (QED) is 0.323. The molecule has 0 saturated carbocycles. The Morgan fingerprint density at radius 2 is 1.89 bits per heavy atom. The zero-order chi connectivity index (χ0) is 13.6. The molecule has 1 aliphatic heterocycles. The van der Waals surface area contributed by atoms with Crippen LogP contribution in [-0.4, -0.2) is 36.9 Å². The lowest BCUT2D eigenvalue weighted by Crippen LogP contribution is -2.39. The van der Waals surface area contributed by atoms with Crippen LogP contribution in [0.1, 0.15) is 13.8 Å². The van der Waals surface area contributed by atoms with Crippen LogP contribution in [0.3, 0.4) is 0 Å². The van der Waals surface area contributed by atoms with Crippen molar-refractivity contribution in [2.75, 3.05) is 13.2 Å². The van der Waals surface area contributed by atoms with Crippen molar-refractivity contribution in [3.05, 3.63) is 12.2 Å². The van der Waals surface area contributed by atoms with Gasteiger partial charge in [0, 0.05) is 5.38 Å². The molecule has 1 aliphatic rings. The maximum atomic E-state index is 11.7. The van der Waals surface area contributed by atoms with Gasteiger partial charge in [-0.1, -0.05) is 5.92 Å². The highest BCUT2D eigenvalue weighted by atomic mass is 35.5. The second-order valence-electron chi connectivity index (χ2n) is 3.31. The van der Waals surface area contributed by atoms with Gasteiger partial charge in [-0.15, -0.1) is 0 Å². The third kappa shape index (κ3) is 2.84. The number of carbonyl (C=O) groups excluding carboxylic acids is 2. The first kappa shape index (κ1) is 14.6. The molecule has 0 aromatic rings. The number of halogens is 1. The van der Waals surface area contributed by atoms with E-state index < -0.39 is 23.6 Å². The topological polar surface area (TPSA) is 65.1 Å². The Morgan fingerprint density at radius 1 is 1.33 bits per heavy atom. The molecule has 0 aliphatic carbocycles. The molecule has 0 aromatic carbocycles. The number of rotatable bonds is 5. The molecule has 0 spiro atoms. The van der Waals surface area contributed by atoms with E-state index in [-0.39, 0.29) is 13.2 Å². The Hall–Kier alpha value is -1.51. The Bertz CT molecular complexity index is 400. The van der Waals surface area contributed by atoms with Crippen LogP contribution >= 0.6 is 11.6 Å². The third-order valence-electron chi connectivity index (χ3n) is 2.22. The fourth-order valence-corrected chi connectivity index (χ4v) is 1.46. The van der Waals surface area contributed by atoms with Crippen molar-refractivity contribution in [1.29, 1.82) is 0 Å². The molecular formula is C12H13ClO5. The predicted molar refractivity (Wildman–Crippen MR) is 63.6 cm³/mol. The minimum atomic E-state index is -1.68. The van der Waals surface area contributed by atoms with Crippen LogP contribution in [-0.2, 0) is 23.8 Å². The minimum absolute atomic E-state index is 0.154. The Labute approximate surface area is 110 Å². The summed E-state index contributed by atoms with van der Waals surface area (Å²) in [5.74, 6) is 0.944. The average Bonchev–Trinajstić information content (AvgIpc) is 3.06. The van der Waals surface area contributed by atoms with Gasteiger partial charge in [0.2, 0.25) is 0 Å². The summed E-state index contributed by atoms with van der Waals surface area (Å²) < 4.78 is 14.8. The van der Waals surface area contributed by atoms with E-state index in [1.165, 1.54) is 12.2 Å². The zero-order valence-electron chi connectivity index (χ0n) is 10.1. The first-order valence-electron chi connectivity index (χ1n) is 5.43. The van der Waals surface area contributed by atoms with Crippen LogP contribution in [0.4, 0.5) is 0 Å². The largest absolute Gasteiger partial charge is 0.463 e. The maximum absolute atomic E-state index is 11.7. The molecule has 1 atom stereocenters. The van der Waals surface area contributed by atoms with Gasteiger partial charge in [-0.25, -0.2) is 9.59 Å². The second kappa shape index (κ2) is 6.43. The minimum Gasteiger partial charge on any atom is -0.463 e. The van der Waals surface area contributed by atoms with E-state index in [2.05, 4.69) is 11.3 Å². The normalized spacial score (nSPS) is 19.8. The van der Waals surface area contributed by atoms with E-state index in [1.807, 2.05) is 0 Å². The number of ether oxygens (including phenoxy) is 3. The highest BCUT2D eigenvalue weighted by Crippen LogP contribution is 2.40. The lowest BCUT2D eigenvalue weighted by atomic mass is 10.1. The molecule has 0 aromatic heterocycles. The number of hydrogen-bond acceptors (Lipinski definition) is 5. The third-order valence-corrected chi connectivity index (χ3v) is 2.33. The predicted octanol–water partition coefficient (Wildman–Crippen LogP) is 1.01. The molecule has 6 heteroatoms. The standard InChI is InChI=1S/C12H13ClO5/c1-3-16-10(14)12(11(15)17-4-2)9(18-12)7-5-6-8-13/h5,7,9H,3-4H2,1-2H3. The Kier molecular flexibility index (Phi) is 5.20. The number of carbonyl (C=O) groups is 2. The molecule has 1 saturated heterocycles. The Balaban J connectivity index is 2.82. The van der Waals surface area contributed by atoms with E-state index in [4.69, 9.17) is 25.8 Å². The molecule has 1 unspecified atom stereocenters. The van der Waals surface area contributed by atoms with Crippen molar-refractivity contribution in [3.63, 3.8) is 0 Å². The molecule has 0 bridgehead atoms. The molecule has 0 N–H and O–H groups in total. The second-order valence-corrected chi connectivity index (χ2v) is 3.50. The van der Waals surface area contributed by atoms with Crippen molar-refractivity contribution >= 4 is 23.5 Å². The van der Waals surface area contributed by atoms with Crippen molar-refractivity contribution in [2.24, 2.45) is 0 Å². The highest BCUT2D eigenvalue weighted by Gasteiger charge is 2.70. The summed E-state index contributed by atoms with van der Waals surface area (Å²) >= 11 is 5.16. The van der Waals surface area contributed by atoms with Crippen molar-refractivity contribution in [1.82, 2.24) is 0 Å². The highest BCUT2D eigenvalue weighted by molar-refractivity contribution is 6.30. The maximum Gasteiger partial charge on any atom is 0.353 e. The first-order chi connectivity index (χ1) is 8.63. The van der Waals surface area contributed by atoms with Crippen LogP contribution in [0, 0.1) is 11.3 Å². The molecule has 18 heavy (non-hydrogen) atoms. The summed E-state index contributed by atoms with van der Waals surface area (Å²) in [6.45, 7) is 3.59. The summed E-state index contributed by atoms with van der Waals surface area (Å²) in [7, 11) is 0. The fraction of sp³-hybridized carbons (Fsp3) is 0.500. The van der Waals surface area contributed by atoms with Crippen LogP contribution in [0.25, 0.3) is 0 Å². The van der Waals surface area contributed by atoms with Gasteiger partial charge in [0.1, 0.15) is 6.10 Å². The van der Waals surface area contributed by atoms with E-state index in [0.717, 1.165) is 0 Å². The molecule has 1 heterocycles. The van der Waals surface area contributed by atoms with Crippen molar-refractivity contribution in [2.45, 2.75) is 25.6 Å². The van der Waals surface area contributed by atoms with Crippen LogP contribution in [0.2, 0.25) is 0 Å². The molecule has 0 amide bonds. The SMILES string of the molecule is CCOC(=O)C1(C(=O)OCC)OC1C=CC#CCl. The number of hydrogen-bond donors (Lipinski definition) is 0. The molecule has 1 fully saturated rings. The first-order valence-corrected chi connectivity index (χ1v) is 5.81. The van der Waals surface area contributed by atoms with Gasteiger partial charge in [-0.2, -0.15) is 0 Å². The van der Waals surface area contributed by atoms with Crippen LogP contribution in [0.15, 0.2) is 12.2 Å². The summed E-state index contributed by atoms with van der Waals surface area (Å²) in [4.78, 5) is 23.5. The molecule has 0 radical (unpaired) electrons. The van der Waals surface area contributed by atoms with Crippen molar-refractivity contribution < 1.29 is 23.8 Å². The van der Waals surface area contributed by atoms with Gasteiger partial charge < -0.3 is 14.2 Å². The van der Waals surface area contributed by atoms with Crippen LogP contribution < -0.4 is 0 Å². The molecule has 5 nitrogen and oxygen atoms in total. The van der Waals surface area contributed by atoms with Crippen molar-refractivity contribution in [3.8, 4) is 11.3 Å². The monoisotopic (exact) mass is 272 g/mol. The molecule has 1 rings (SSSR count). The smallest absolute Gasteiger partial charge is 0.353 e. The number of esters is 2. The van der Waals surface area contributed by atoms with Gasteiger partial charge >= 0.3 is 11.9 Å². The molecular weight excluding hydrogens is 260 g/mol. The fourth-order valence-electron chi connectivity index (χ4n) is 1.40. The summed E-state index contributed by atoms with van der Waals surface area (Å²) in [6.07, 6.45) is 2.13. The summed E-state index contributed by atoms with van der Waals surface area (Å²) in [5, 5.41) is 2.13. The number of allylic oxidation sites excluding steroid dienone is 1. The van der Waals surface area contributed by atoms with Gasteiger partial charge in [-0.05, 0) is 37.6 Å². The molecule has 98 valence electrons. The van der Waals surface area contributed by atoms with Gasteiger partial charge in [-0.3, -0.25) is 0 Å². The van der Waals surface area contributed by atoms with Gasteiger partial charge in [0.25, 0.3) is 5.60 Å². The average molecular weight is 273 g/mol. The Morgan fingerprint density at radius 3 is 2.33 bits per heavy atom. The number of epoxide rings is 1. The van der Waals surface area contributed by atoms with Crippen LogP contribution in [0.5, 0.6) is 0 Å². The van der Waals surface area contributed by atoms with Gasteiger partial charge in [0.15, 0.2) is 0 Å². The zero-order valence-corrected chi connectivity index (χ0v) is 10.8. The van der Waals surface area contributed by atoms with E-state index >= 15 is 0 Å². The van der Waals surface area contributed by atoms with E-state index in [1.54, 1.807) is 13.8 Å². The van der Waals surface area contributed by atoms with Gasteiger partial charge in [0.05, 0.1) is 13.2 Å². The van der Waals surface area contributed by atoms with E-state index in [0.29, 0.717) is 0 Å². The lowest BCUT2D eigenvalue weighted by Gasteiger charge is -2.09. The lowest BCUT2D eigenvalue weighted by molar-refractivity contribution is -0.163.